The number of amides is 1. The summed E-state index contributed by atoms with van der Waals surface area (Å²) in [5, 5.41) is 6.78. The number of hydrogen-bond acceptors (Lipinski definition) is 4. The number of rotatable bonds is 6. The third-order valence-corrected chi connectivity index (χ3v) is 4.92. The van der Waals surface area contributed by atoms with Crippen LogP contribution in [0.15, 0.2) is 30.5 Å². The molecule has 1 amide bonds. The Hall–Kier alpha value is -1.50. The number of aromatic nitrogens is 1. The number of anilines is 1. The van der Waals surface area contributed by atoms with Crippen LogP contribution < -0.4 is 10.6 Å². The van der Waals surface area contributed by atoms with Gasteiger partial charge in [0.1, 0.15) is 5.82 Å². The molecular formula is C17H21ClFN3OS. The third-order valence-electron chi connectivity index (χ3n) is 4.01. The zero-order valence-electron chi connectivity index (χ0n) is 13.3. The first-order chi connectivity index (χ1) is 11.2. The molecule has 0 saturated carbocycles. The van der Waals surface area contributed by atoms with E-state index in [4.69, 9.17) is 0 Å². The van der Waals surface area contributed by atoms with Gasteiger partial charge in [0, 0.05) is 23.9 Å². The highest BCUT2D eigenvalue weighted by Gasteiger charge is 2.16. The first-order valence-electron chi connectivity index (χ1n) is 7.89. The molecule has 130 valence electrons. The number of thiazole rings is 1. The highest BCUT2D eigenvalue weighted by molar-refractivity contribution is 7.15. The molecule has 2 N–H and O–H groups in total. The quantitative estimate of drug-likeness (QED) is 0.817. The highest BCUT2D eigenvalue weighted by Crippen LogP contribution is 2.22. The maximum Gasteiger partial charge on any atom is 0.226 e. The van der Waals surface area contributed by atoms with E-state index in [0.717, 1.165) is 36.4 Å². The van der Waals surface area contributed by atoms with Crippen LogP contribution in [0.2, 0.25) is 0 Å². The number of halogens is 2. The maximum absolute atomic E-state index is 13.2. The van der Waals surface area contributed by atoms with Crippen molar-refractivity contribution in [3.8, 4) is 0 Å². The fourth-order valence-corrected chi connectivity index (χ4v) is 3.64. The van der Waals surface area contributed by atoms with Gasteiger partial charge < -0.3 is 10.6 Å². The summed E-state index contributed by atoms with van der Waals surface area (Å²) in [4.78, 5) is 17.2. The zero-order valence-corrected chi connectivity index (χ0v) is 14.9. The van der Waals surface area contributed by atoms with Crippen molar-refractivity contribution in [1.29, 1.82) is 0 Å². The summed E-state index contributed by atoms with van der Waals surface area (Å²) < 4.78 is 13.2. The molecule has 1 fully saturated rings. The lowest BCUT2D eigenvalue weighted by Gasteiger charge is -2.06. The molecule has 4 nitrogen and oxygen atoms in total. The molecule has 0 bridgehead atoms. The average molecular weight is 370 g/mol. The van der Waals surface area contributed by atoms with Crippen LogP contribution in [0.4, 0.5) is 9.52 Å². The van der Waals surface area contributed by atoms with Crippen molar-refractivity contribution in [2.24, 2.45) is 5.92 Å². The van der Waals surface area contributed by atoms with E-state index < -0.39 is 0 Å². The number of carbonyl (C=O) groups is 1. The van der Waals surface area contributed by atoms with Crippen LogP contribution in [0.1, 0.15) is 29.7 Å². The SMILES string of the molecule is Cl.O=C(CCC1CCNC1)Nc1ncc(Cc2cccc(F)c2)s1. The molecule has 1 saturated heterocycles. The van der Waals surface area contributed by atoms with Crippen molar-refractivity contribution in [2.45, 2.75) is 25.7 Å². The molecule has 1 aliphatic rings. The second kappa shape index (κ2) is 9.11. The van der Waals surface area contributed by atoms with Gasteiger partial charge in [0.15, 0.2) is 5.13 Å². The largest absolute Gasteiger partial charge is 0.316 e. The van der Waals surface area contributed by atoms with Crippen LogP contribution in [-0.2, 0) is 11.2 Å². The number of carbonyl (C=O) groups excluding carboxylic acids is 1. The van der Waals surface area contributed by atoms with Crippen LogP contribution >= 0.6 is 23.7 Å². The highest BCUT2D eigenvalue weighted by atomic mass is 35.5. The van der Waals surface area contributed by atoms with E-state index in [9.17, 15) is 9.18 Å². The topological polar surface area (TPSA) is 54.0 Å². The number of nitrogens with one attached hydrogen (secondary N) is 2. The Morgan fingerprint density at radius 1 is 1.46 bits per heavy atom. The first-order valence-corrected chi connectivity index (χ1v) is 8.70. The lowest BCUT2D eigenvalue weighted by atomic mass is 10.0. The van der Waals surface area contributed by atoms with E-state index in [0.29, 0.717) is 23.9 Å². The molecule has 0 radical (unpaired) electrons. The summed E-state index contributed by atoms with van der Waals surface area (Å²) >= 11 is 1.44. The first kappa shape index (κ1) is 18.8. The smallest absolute Gasteiger partial charge is 0.226 e. The van der Waals surface area contributed by atoms with E-state index in [2.05, 4.69) is 15.6 Å². The van der Waals surface area contributed by atoms with Gasteiger partial charge in [-0.2, -0.15) is 0 Å². The van der Waals surface area contributed by atoms with Crippen molar-refractivity contribution in [3.63, 3.8) is 0 Å². The molecule has 24 heavy (non-hydrogen) atoms. The van der Waals surface area contributed by atoms with Gasteiger partial charge in [0.25, 0.3) is 0 Å². The molecule has 1 aromatic heterocycles. The summed E-state index contributed by atoms with van der Waals surface area (Å²) in [5.74, 6) is 0.395. The fourth-order valence-electron chi connectivity index (χ4n) is 2.77. The molecule has 0 aliphatic carbocycles. The number of nitrogens with zero attached hydrogens (tertiary/aromatic N) is 1. The monoisotopic (exact) mass is 369 g/mol. The van der Waals surface area contributed by atoms with Gasteiger partial charge in [0.05, 0.1) is 0 Å². The minimum Gasteiger partial charge on any atom is -0.316 e. The number of hydrogen-bond donors (Lipinski definition) is 2. The van der Waals surface area contributed by atoms with E-state index in [-0.39, 0.29) is 24.1 Å². The summed E-state index contributed by atoms with van der Waals surface area (Å²) in [6.07, 6.45) is 4.97. The molecule has 0 spiro atoms. The molecule has 2 heterocycles. The molecule has 1 aliphatic heterocycles. The van der Waals surface area contributed by atoms with Gasteiger partial charge in [-0.25, -0.2) is 9.37 Å². The molecule has 2 aromatic rings. The Bertz CT molecular complexity index is 673. The van der Waals surface area contributed by atoms with Crippen LogP contribution in [0, 0.1) is 11.7 Å². The zero-order chi connectivity index (χ0) is 16.1. The number of benzene rings is 1. The molecule has 1 atom stereocenters. The van der Waals surface area contributed by atoms with Crippen LogP contribution in [-0.4, -0.2) is 24.0 Å². The minimum absolute atomic E-state index is 0. The van der Waals surface area contributed by atoms with Crippen molar-refractivity contribution in [2.75, 3.05) is 18.4 Å². The maximum atomic E-state index is 13.2. The van der Waals surface area contributed by atoms with Crippen molar-refractivity contribution < 1.29 is 9.18 Å². The Morgan fingerprint density at radius 3 is 3.08 bits per heavy atom. The third kappa shape index (κ3) is 5.54. The van der Waals surface area contributed by atoms with Crippen molar-refractivity contribution in [3.05, 3.63) is 46.7 Å². The normalized spacial score (nSPS) is 16.6. The summed E-state index contributed by atoms with van der Waals surface area (Å²) in [7, 11) is 0. The predicted octanol–water partition coefficient (Wildman–Crippen LogP) is 3.62. The van der Waals surface area contributed by atoms with Gasteiger partial charge in [-0.1, -0.05) is 12.1 Å². The van der Waals surface area contributed by atoms with E-state index in [1.807, 2.05) is 6.07 Å². The molecule has 3 rings (SSSR count). The van der Waals surface area contributed by atoms with Crippen LogP contribution in [0.5, 0.6) is 0 Å². The van der Waals surface area contributed by atoms with Gasteiger partial charge in [-0.3, -0.25) is 4.79 Å². The molecule has 1 unspecified atom stereocenters. The standard InChI is InChI=1S/C17H20FN3OS.ClH/c18-14-3-1-2-13(8-14)9-15-11-20-17(23-15)21-16(22)5-4-12-6-7-19-10-12;/h1-3,8,11-12,19H,4-7,9-10H2,(H,20,21,22);1H. The Morgan fingerprint density at radius 2 is 2.33 bits per heavy atom. The van der Waals surface area contributed by atoms with Gasteiger partial charge in [-0.15, -0.1) is 23.7 Å². The average Bonchev–Trinajstić information content (AvgIpc) is 3.17. The predicted molar refractivity (Wildman–Crippen MR) is 97.4 cm³/mol. The van der Waals surface area contributed by atoms with E-state index >= 15 is 0 Å². The molecule has 1 aromatic carbocycles. The second-order valence-corrected chi connectivity index (χ2v) is 7.00. The summed E-state index contributed by atoms with van der Waals surface area (Å²) in [6.45, 7) is 2.07. The lowest BCUT2D eigenvalue weighted by molar-refractivity contribution is -0.116. The van der Waals surface area contributed by atoms with Gasteiger partial charge in [0.2, 0.25) is 5.91 Å². The fraction of sp³-hybridized carbons (Fsp3) is 0.412. The van der Waals surface area contributed by atoms with Crippen molar-refractivity contribution >= 4 is 34.8 Å². The van der Waals surface area contributed by atoms with Crippen LogP contribution in [0.25, 0.3) is 0 Å². The molecular weight excluding hydrogens is 349 g/mol. The minimum atomic E-state index is -0.234. The lowest BCUT2D eigenvalue weighted by Crippen LogP contribution is -2.14. The van der Waals surface area contributed by atoms with Crippen LogP contribution in [0.3, 0.4) is 0 Å². The van der Waals surface area contributed by atoms with Gasteiger partial charge in [-0.05, 0) is 49.5 Å². The van der Waals surface area contributed by atoms with Gasteiger partial charge >= 0.3 is 0 Å². The summed E-state index contributed by atoms with van der Waals surface area (Å²) in [5.41, 5.74) is 0.903. The van der Waals surface area contributed by atoms with E-state index in [1.54, 1.807) is 12.3 Å². The summed E-state index contributed by atoms with van der Waals surface area (Å²) in [6, 6.07) is 6.54. The second-order valence-electron chi connectivity index (χ2n) is 5.88. The Labute approximate surface area is 151 Å². The van der Waals surface area contributed by atoms with E-state index in [1.165, 1.54) is 23.5 Å². The Balaban J connectivity index is 0.00000208. The Kier molecular flexibility index (Phi) is 7.15. The molecule has 7 heteroatoms. The van der Waals surface area contributed by atoms with Crippen molar-refractivity contribution in [1.82, 2.24) is 10.3 Å².